The highest BCUT2D eigenvalue weighted by atomic mass is 35.5. The smallest absolute Gasteiger partial charge is 0.127 e. The van der Waals surface area contributed by atoms with Crippen molar-refractivity contribution in [2.24, 2.45) is 0 Å². The standard InChI is InChI=1S/C13H21ClN2O2/c1-10(17)8-15-5-6-16-9-11-7-12(14)3-4-13(11)18-2/h3-4,7,10,15-17H,5-6,8-9H2,1-2H3/p+2/t10-/m0/s1. The summed E-state index contributed by atoms with van der Waals surface area (Å²) in [6, 6.07) is 5.67. The minimum absolute atomic E-state index is 0.238. The van der Waals surface area contributed by atoms with Crippen molar-refractivity contribution in [3.8, 4) is 5.75 Å². The van der Waals surface area contributed by atoms with Gasteiger partial charge in [0.05, 0.1) is 13.2 Å². The maximum absolute atomic E-state index is 9.11. The molecule has 0 spiro atoms. The molecule has 0 unspecified atom stereocenters. The predicted octanol–water partition coefficient (Wildman–Crippen LogP) is -0.644. The molecule has 1 aromatic rings. The second-order valence-electron chi connectivity index (χ2n) is 4.40. The van der Waals surface area contributed by atoms with Gasteiger partial charge < -0.3 is 20.5 Å². The van der Waals surface area contributed by atoms with Crippen LogP contribution in [0.5, 0.6) is 5.75 Å². The summed E-state index contributed by atoms with van der Waals surface area (Å²) in [4.78, 5) is 0. The maximum Gasteiger partial charge on any atom is 0.127 e. The topological polar surface area (TPSA) is 62.7 Å². The van der Waals surface area contributed by atoms with E-state index in [4.69, 9.17) is 21.4 Å². The first-order valence-corrected chi connectivity index (χ1v) is 6.65. The van der Waals surface area contributed by atoms with E-state index in [1.165, 1.54) is 0 Å². The molecule has 5 N–H and O–H groups in total. The van der Waals surface area contributed by atoms with E-state index in [2.05, 4.69) is 10.6 Å². The van der Waals surface area contributed by atoms with Crippen molar-refractivity contribution < 1.29 is 20.5 Å². The summed E-state index contributed by atoms with van der Waals surface area (Å²) in [6.07, 6.45) is -0.238. The SMILES string of the molecule is COc1ccc(Cl)cc1C[NH2+]CC[NH2+]C[C@H](C)O. The minimum Gasteiger partial charge on any atom is -0.496 e. The van der Waals surface area contributed by atoms with Crippen LogP contribution in [0, 0.1) is 0 Å². The van der Waals surface area contributed by atoms with Gasteiger partial charge in [-0.1, -0.05) is 11.6 Å². The van der Waals surface area contributed by atoms with Gasteiger partial charge in [0.2, 0.25) is 0 Å². The molecule has 0 aromatic heterocycles. The Kier molecular flexibility index (Phi) is 7.05. The minimum atomic E-state index is -0.238. The Balaban J connectivity index is 2.28. The lowest BCUT2D eigenvalue weighted by Gasteiger charge is -2.08. The van der Waals surface area contributed by atoms with Gasteiger partial charge in [0.25, 0.3) is 0 Å². The number of ether oxygens (including phenoxy) is 1. The number of aliphatic hydroxyl groups excluding tert-OH is 1. The van der Waals surface area contributed by atoms with Gasteiger partial charge in [0, 0.05) is 10.6 Å². The van der Waals surface area contributed by atoms with Crippen molar-refractivity contribution in [1.82, 2.24) is 0 Å². The normalized spacial score (nSPS) is 12.4. The molecular weight excluding hydrogens is 252 g/mol. The molecule has 18 heavy (non-hydrogen) atoms. The zero-order chi connectivity index (χ0) is 13.4. The number of nitrogens with two attached hydrogens (primary N) is 2. The fourth-order valence-electron chi connectivity index (χ4n) is 1.76. The Morgan fingerprint density at radius 3 is 2.72 bits per heavy atom. The Bertz CT molecular complexity index is 359. The van der Waals surface area contributed by atoms with Crippen LogP contribution in [0.3, 0.4) is 0 Å². The van der Waals surface area contributed by atoms with Gasteiger partial charge in [0.1, 0.15) is 31.9 Å². The molecule has 4 nitrogen and oxygen atoms in total. The van der Waals surface area contributed by atoms with Gasteiger partial charge in [-0.3, -0.25) is 0 Å². The zero-order valence-corrected chi connectivity index (χ0v) is 11.8. The van der Waals surface area contributed by atoms with Crippen molar-refractivity contribution >= 4 is 11.6 Å². The van der Waals surface area contributed by atoms with Crippen LogP contribution in [0.25, 0.3) is 0 Å². The monoisotopic (exact) mass is 274 g/mol. The van der Waals surface area contributed by atoms with Gasteiger partial charge in [-0.25, -0.2) is 0 Å². The van der Waals surface area contributed by atoms with Crippen molar-refractivity contribution in [1.29, 1.82) is 0 Å². The molecule has 0 saturated heterocycles. The maximum atomic E-state index is 9.11. The summed E-state index contributed by atoms with van der Waals surface area (Å²) in [5, 5.41) is 14.2. The molecule has 1 aromatic carbocycles. The molecule has 102 valence electrons. The van der Waals surface area contributed by atoms with E-state index in [1.54, 1.807) is 14.0 Å². The van der Waals surface area contributed by atoms with Crippen LogP contribution >= 0.6 is 11.6 Å². The predicted molar refractivity (Wildman–Crippen MR) is 71.8 cm³/mol. The van der Waals surface area contributed by atoms with Crippen molar-refractivity contribution in [3.63, 3.8) is 0 Å². The second kappa shape index (κ2) is 8.32. The summed E-state index contributed by atoms with van der Waals surface area (Å²) in [5.74, 6) is 0.878. The molecule has 0 aliphatic rings. The fraction of sp³-hybridized carbons (Fsp3) is 0.538. The molecule has 5 heteroatoms. The summed E-state index contributed by atoms with van der Waals surface area (Å²) in [5.41, 5.74) is 1.11. The highest BCUT2D eigenvalue weighted by Gasteiger charge is 2.06. The number of hydrogen-bond donors (Lipinski definition) is 3. The Morgan fingerprint density at radius 1 is 1.33 bits per heavy atom. The molecule has 1 rings (SSSR count). The lowest BCUT2D eigenvalue weighted by atomic mass is 10.2. The molecule has 0 radical (unpaired) electrons. The molecule has 0 heterocycles. The van der Waals surface area contributed by atoms with Crippen molar-refractivity contribution in [2.75, 3.05) is 26.7 Å². The first kappa shape index (κ1) is 15.2. The Morgan fingerprint density at radius 2 is 2.06 bits per heavy atom. The van der Waals surface area contributed by atoms with Crippen LogP contribution in [0.2, 0.25) is 5.02 Å². The van der Waals surface area contributed by atoms with Crippen molar-refractivity contribution in [3.05, 3.63) is 28.8 Å². The van der Waals surface area contributed by atoms with E-state index in [1.807, 2.05) is 18.2 Å². The van der Waals surface area contributed by atoms with Crippen molar-refractivity contribution in [2.45, 2.75) is 19.6 Å². The number of quaternary nitrogens is 2. The largest absolute Gasteiger partial charge is 0.496 e. The van der Waals surface area contributed by atoms with E-state index in [-0.39, 0.29) is 6.10 Å². The van der Waals surface area contributed by atoms with Crippen LogP contribution < -0.4 is 15.4 Å². The average molecular weight is 275 g/mol. The van der Waals surface area contributed by atoms with Crippen LogP contribution in [-0.2, 0) is 6.54 Å². The molecule has 0 saturated carbocycles. The number of methoxy groups -OCH3 is 1. The van der Waals surface area contributed by atoms with E-state index >= 15 is 0 Å². The Hall–Kier alpha value is -0.810. The zero-order valence-electron chi connectivity index (χ0n) is 11.0. The molecular formula is C13H23ClN2O2+2. The lowest BCUT2D eigenvalue weighted by Crippen LogP contribution is -2.95. The second-order valence-corrected chi connectivity index (χ2v) is 4.84. The van der Waals surface area contributed by atoms with E-state index in [0.717, 1.165) is 42.5 Å². The Labute approximate surface area is 113 Å². The highest BCUT2D eigenvalue weighted by molar-refractivity contribution is 6.30. The number of halogens is 1. The lowest BCUT2D eigenvalue weighted by molar-refractivity contribution is -0.733. The van der Waals surface area contributed by atoms with E-state index in [0.29, 0.717) is 0 Å². The van der Waals surface area contributed by atoms with E-state index < -0.39 is 0 Å². The molecule has 0 bridgehead atoms. The molecule has 0 aliphatic carbocycles. The van der Waals surface area contributed by atoms with Gasteiger partial charge >= 0.3 is 0 Å². The molecule has 0 aliphatic heterocycles. The number of hydrogen-bond acceptors (Lipinski definition) is 2. The van der Waals surface area contributed by atoms with Crippen LogP contribution in [0.15, 0.2) is 18.2 Å². The molecule has 0 fully saturated rings. The fourth-order valence-corrected chi connectivity index (χ4v) is 1.95. The molecule has 1 atom stereocenters. The molecule has 0 amide bonds. The third-order valence-electron chi connectivity index (χ3n) is 2.69. The number of benzene rings is 1. The van der Waals surface area contributed by atoms with Crippen LogP contribution in [0.1, 0.15) is 12.5 Å². The summed E-state index contributed by atoms with van der Waals surface area (Å²) < 4.78 is 5.29. The van der Waals surface area contributed by atoms with Gasteiger partial charge in [-0.15, -0.1) is 0 Å². The van der Waals surface area contributed by atoms with Gasteiger partial charge in [-0.2, -0.15) is 0 Å². The number of aliphatic hydroxyl groups is 1. The van der Waals surface area contributed by atoms with Crippen LogP contribution in [0.4, 0.5) is 0 Å². The van der Waals surface area contributed by atoms with Gasteiger partial charge in [-0.05, 0) is 25.1 Å². The average Bonchev–Trinajstić information content (AvgIpc) is 2.33. The van der Waals surface area contributed by atoms with E-state index in [9.17, 15) is 0 Å². The van der Waals surface area contributed by atoms with Crippen LogP contribution in [-0.4, -0.2) is 38.0 Å². The summed E-state index contributed by atoms with van der Waals surface area (Å²) in [7, 11) is 1.67. The summed E-state index contributed by atoms with van der Waals surface area (Å²) in [6.45, 7) is 5.41. The number of rotatable bonds is 8. The highest BCUT2D eigenvalue weighted by Crippen LogP contribution is 2.21. The summed E-state index contributed by atoms with van der Waals surface area (Å²) >= 11 is 5.97. The first-order chi connectivity index (χ1) is 8.63. The van der Waals surface area contributed by atoms with Gasteiger partial charge in [0.15, 0.2) is 0 Å². The first-order valence-electron chi connectivity index (χ1n) is 6.27. The quantitative estimate of drug-likeness (QED) is 0.552. The third kappa shape index (κ3) is 5.69. The third-order valence-corrected chi connectivity index (χ3v) is 2.92.